The van der Waals surface area contributed by atoms with Crippen LogP contribution in [-0.4, -0.2) is 36.9 Å². The number of hydrogen-bond acceptors (Lipinski definition) is 8. The fraction of sp³-hybridized carbons (Fsp3) is 0. The second-order valence-electron chi connectivity index (χ2n) is 4.57. The largest absolute Gasteiger partial charge is 0.477 e. The number of nitro benzene ring substituents is 3. The zero-order chi connectivity index (χ0) is 20.7. The molecule has 0 aliphatic rings. The number of nitro groups is 3. The lowest BCUT2D eigenvalue weighted by Gasteiger charge is -1.97. The minimum absolute atomic E-state index is 0.289. The van der Waals surface area contributed by atoms with Crippen LogP contribution in [0.3, 0.4) is 0 Å². The second-order valence-corrected chi connectivity index (χ2v) is 4.57. The van der Waals surface area contributed by atoms with E-state index in [-0.39, 0.29) is 11.3 Å². The topological polar surface area (TPSA) is 204 Å². The molecule has 13 nitrogen and oxygen atoms in total. The van der Waals surface area contributed by atoms with Crippen LogP contribution in [0.2, 0.25) is 0 Å². The zero-order valence-electron chi connectivity index (χ0n) is 13.0. The van der Waals surface area contributed by atoms with Gasteiger partial charge in [0.25, 0.3) is 5.69 Å². The van der Waals surface area contributed by atoms with E-state index in [1.807, 2.05) is 0 Å². The first-order valence-corrected chi connectivity index (χ1v) is 6.69. The first kappa shape index (κ1) is 20.6. The summed E-state index contributed by atoms with van der Waals surface area (Å²) in [5, 5.41) is 48.3. The Morgan fingerprint density at radius 1 is 0.667 bits per heavy atom. The number of carboxylic acids is 2. The number of carbonyl (C=O) groups is 2. The van der Waals surface area contributed by atoms with E-state index in [2.05, 4.69) is 0 Å². The molecular weight excluding hydrogens is 370 g/mol. The van der Waals surface area contributed by atoms with Crippen LogP contribution >= 0.6 is 0 Å². The van der Waals surface area contributed by atoms with Gasteiger partial charge in [0, 0.05) is 12.1 Å². The van der Waals surface area contributed by atoms with Crippen molar-refractivity contribution in [3.05, 3.63) is 83.9 Å². The Hall–Kier alpha value is -4.42. The molecule has 0 fully saturated rings. The fourth-order valence-electron chi connectivity index (χ4n) is 1.86. The standard InChI is InChI=1S/C7H4N2O6.C7H5NO4/c10-7(11)4-2-1-3-5(8(12)13)6(4)9(14)15;9-7(10)5-3-1-2-4-6(5)8(11)12/h1-3H,(H,10,11);1-4H,(H,9,10). The van der Waals surface area contributed by atoms with E-state index in [9.17, 15) is 39.9 Å². The summed E-state index contributed by atoms with van der Waals surface area (Å²) >= 11 is 0. The van der Waals surface area contributed by atoms with Crippen molar-refractivity contribution in [1.82, 2.24) is 0 Å². The second kappa shape index (κ2) is 8.61. The Labute approximate surface area is 148 Å². The Morgan fingerprint density at radius 2 is 1.11 bits per heavy atom. The molecule has 0 heterocycles. The summed E-state index contributed by atoms with van der Waals surface area (Å²) in [5.41, 5.74) is -3.21. The van der Waals surface area contributed by atoms with Gasteiger partial charge in [-0.3, -0.25) is 30.3 Å². The normalized spacial score (nSPS) is 9.48. The van der Waals surface area contributed by atoms with Gasteiger partial charge in [0.15, 0.2) is 0 Å². The minimum Gasteiger partial charge on any atom is -0.477 e. The van der Waals surface area contributed by atoms with Crippen molar-refractivity contribution >= 4 is 29.0 Å². The molecule has 2 rings (SSSR count). The number of carboxylic acid groups (broad SMARTS) is 2. The maximum Gasteiger partial charge on any atom is 0.360 e. The molecule has 0 aromatic heterocycles. The number of rotatable bonds is 5. The number of aromatic carboxylic acids is 2. The zero-order valence-corrected chi connectivity index (χ0v) is 13.0. The van der Waals surface area contributed by atoms with Crippen molar-refractivity contribution in [1.29, 1.82) is 0 Å². The number of benzene rings is 2. The van der Waals surface area contributed by atoms with E-state index in [1.165, 1.54) is 18.2 Å². The highest BCUT2D eigenvalue weighted by Crippen LogP contribution is 2.30. The Bertz CT molecular complexity index is 875. The van der Waals surface area contributed by atoms with Crippen molar-refractivity contribution < 1.29 is 34.6 Å². The molecule has 0 radical (unpaired) electrons. The molecule has 0 amide bonds. The van der Waals surface area contributed by atoms with Gasteiger partial charge in [-0.1, -0.05) is 18.2 Å². The van der Waals surface area contributed by atoms with Crippen molar-refractivity contribution in [2.24, 2.45) is 0 Å². The van der Waals surface area contributed by atoms with Crippen LogP contribution in [0.15, 0.2) is 42.5 Å². The highest BCUT2D eigenvalue weighted by Gasteiger charge is 2.31. The first-order chi connectivity index (χ1) is 12.6. The Kier molecular flexibility index (Phi) is 6.58. The maximum atomic E-state index is 10.6. The molecule has 0 bridgehead atoms. The molecule has 0 saturated carbocycles. The molecular formula is C14H9N3O10. The lowest BCUT2D eigenvalue weighted by atomic mass is 10.1. The number of hydrogen-bond donors (Lipinski definition) is 2. The number of nitrogens with zero attached hydrogens (tertiary/aromatic N) is 3. The van der Waals surface area contributed by atoms with Crippen molar-refractivity contribution in [2.45, 2.75) is 0 Å². The molecule has 0 atom stereocenters. The lowest BCUT2D eigenvalue weighted by Crippen LogP contribution is -2.05. The molecule has 0 aliphatic heterocycles. The van der Waals surface area contributed by atoms with Gasteiger partial charge in [0.05, 0.1) is 14.8 Å². The molecule has 13 heteroatoms. The quantitative estimate of drug-likeness (QED) is 0.573. The lowest BCUT2D eigenvalue weighted by molar-refractivity contribution is -0.422. The molecule has 27 heavy (non-hydrogen) atoms. The van der Waals surface area contributed by atoms with Crippen molar-refractivity contribution in [3.8, 4) is 0 Å². The Balaban J connectivity index is 0.000000277. The number of para-hydroxylation sites is 2. The molecule has 140 valence electrons. The van der Waals surface area contributed by atoms with Gasteiger partial charge in [-0.2, -0.15) is 0 Å². The molecule has 2 aromatic rings. The van der Waals surface area contributed by atoms with Gasteiger partial charge in [0.1, 0.15) is 11.1 Å². The van der Waals surface area contributed by atoms with Gasteiger partial charge >= 0.3 is 23.3 Å². The van der Waals surface area contributed by atoms with Crippen molar-refractivity contribution in [3.63, 3.8) is 0 Å². The average molecular weight is 379 g/mol. The summed E-state index contributed by atoms with van der Waals surface area (Å²) in [6.45, 7) is 0. The minimum atomic E-state index is -1.58. The summed E-state index contributed by atoms with van der Waals surface area (Å²) in [5.74, 6) is -2.87. The van der Waals surface area contributed by atoms with E-state index in [1.54, 1.807) is 0 Å². The third-order valence-corrected chi connectivity index (χ3v) is 2.96. The molecule has 0 spiro atoms. The SMILES string of the molecule is O=C(O)c1cccc([N+](=O)[O-])c1[N+](=O)[O-].O=C(O)c1ccccc1[N+](=O)[O-]. The van der Waals surface area contributed by atoms with Gasteiger partial charge < -0.3 is 10.2 Å². The van der Waals surface area contributed by atoms with Crippen LogP contribution in [0.4, 0.5) is 17.1 Å². The van der Waals surface area contributed by atoms with E-state index in [0.717, 1.165) is 24.3 Å². The van der Waals surface area contributed by atoms with Crippen LogP contribution in [0.5, 0.6) is 0 Å². The van der Waals surface area contributed by atoms with Crippen LogP contribution in [-0.2, 0) is 0 Å². The van der Waals surface area contributed by atoms with E-state index in [0.29, 0.717) is 0 Å². The van der Waals surface area contributed by atoms with E-state index in [4.69, 9.17) is 10.2 Å². The maximum absolute atomic E-state index is 10.6. The van der Waals surface area contributed by atoms with Crippen LogP contribution in [0.25, 0.3) is 0 Å². The smallest absolute Gasteiger partial charge is 0.360 e. The monoisotopic (exact) mass is 379 g/mol. The predicted molar refractivity (Wildman–Crippen MR) is 86.8 cm³/mol. The van der Waals surface area contributed by atoms with Gasteiger partial charge in [0.2, 0.25) is 0 Å². The molecule has 2 N–H and O–H groups in total. The molecule has 0 aliphatic carbocycles. The van der Waals surface area contributed by atoms with Gasteiger partial charge in [-0.05, 0) is 12.1 Å². The van der Waals surface area contributed by atoms with Gasteiger partial charge in [-0.15, -0.1) is 0 Å². The summed E-state index contributed by atoms with van der Waals surface area (Å²) in [6.07, 6.45) is 0. The molecule has 2 aromatic carbocycles. The summed E-state index contributed by atoms with van der Waals surface area (Å²) in [7, 11) is 0. The van der Waals surface area contributed by atoms with Crippen LogP contribution in [0.1, 0.15) is 20.7 Å². The van der Waals surface area contributed by atoms with E-state index >= 15 is 0 Å². The average Bonchev–Trinajstić information content (AvgIpc) is 2.61. The Morgan fingerprint density at radius 3 is 1.52 bits per heavy atom. The van der Waals surface area contributed by atoms with Crippen molar-refractivity contribution in [2.75, 3.05) is 0 Å². The highest BCUT2D eigenvalue weighted by atomic mass is 16.6. The molecule has 0 unspecified atom stereocenters. The van der Waals surface area contributed by atoms with Crippen LogP contribution < -0.4 is 0 Å². The highest BCUT2D eigenvalue weighted by molar-refractivity contribution is 5.94. The summed E-state index contributed by atoms with van der Waals surface area (Å²) in [6, 6.07) is 8.11. The van der Waals surface area contributed by atoms with Crippen LogP contribution in [0, 0.1) is 30.3 Å². The fourth-order valence-corrected chi connectivity index (χ4v) is 1.86. The summed E-state index contributed by atoms with van der Waals surface area (Å²) < 4.78 is 0. The third-order valence-electron chi connectivity index (χ3n) is 2.96. The third kappa shape index (κ3) is 5.02. The summed E-state index contributed by atoms with van der Waals surface area (Å²) in [4.78, 5) is 49.4. The van der Waals surface area contributed by atoms with E-state index < -0.39 is 43.6 Å². The first-order valence-electron chi connectivity index (χ1n) is 6.69. The molecule has 0 saturated heterocycles. The van der Waals surface area contributed by atoms with Gasteiger partial charge in [-0.25, -0.2) is 9.59 Å². The predicted octanol–water partition coefficient (Wildman–Crippen LogP) is 2.49.